The molecule has 1 unspecified atom stereocenters. The first-order valence-electron chi connectivity index (χ1n) is 7.94. The third-order valence-electron chi connectivity index (χ3n) is 4.09. The zero-order valence-corrected chi connectivity index (χ0v) is 13.8. The molecule has 1 aliphatic rings. The van der Waals surface area contributed by atoms with Crippen molar-refractivity contribution in [3.05, 3.63) is 58.6 Å². The van der Waals surface area contributed by atoms with Gasteiger partial charge in [-0.1, -0.05) is 24.3 Å². The van der Waals surface area contributed by atoms with Crippen LogP contribution in [-0.4, -0.2) is 36.5 Å². The molecular weight excluding hydrogens is 322 g/mol. The maximum absolute atomic E-state index is 12.1. The minimum atomic E-state index is -1.49. The van der Waals surface area contributed by atoms with Crippen LogP contribution in [0.2, 0.25) is 0 Å². The highest BCUT2D eigenvalue weighted by atomic mass is 16.5. The summed E-state index contributed by atoms with van der Waals surface area (Å²) in [5, 5.41) is 20.2. The number of carboxylic acid groups (broad SMARTS) is 1. The molecule has 0 saturated heterocycles. The van der Waals surface area contributed by atoms with Gasteiger partial charge >= 0.3 is 5.97 Å². The molecule has 130 valence electrons. The molecule has 2 N–H and O–H groups in total. The van der Waals surface area contributed by atoms with Crippen molar-refractivity contribution >= 4 is 12.0 Å². The van der Waals surface area contributed by atoms with Gasteiger partial charge in [-0.3, -0.25) is 4.99 Å². The van der Waals surface area contributed by atoms with Crippen LogP contribution < -0.4 is 20.0 Å². The van der Waals surface area contributed by atoms with Crippen LogP contribution in [0.3, 0.4) is 0 Å². The van der Waals surface area contributed by atoms with Crippen LogP contribution in [0.25, 0.3) is 6.08 Å². The Bertz CT molecular complexity index is 871. The van der Waals surface area contributed by atoms with Crippen LogP contribution in [0.1, 0.15) is 12.0 Å². The fourth-order valence-electron chi connectivity index (χ4n) is 2.81. The summed E-state index contributed by atoms with van der Waals surface area (Å²) >= 11 is 0. The molecule has 0 amide bonds. The molecule has 0 saturated carbocycles. The number of hydrogen-bond donors (Lipinski definition) is 2. The number of aliphatic carboxylic acids is 1. The van der Waals surface area contributed by atoms with E-state index < -0.39 is 11.5 Å². The number of carboxylic acids is 1. The van der Waals surface area contributed by atoms with Gasteiger partial charge in [0.1, 0.15) is 0 Å². The summed E-state index contributed by atoms with van der Waals surface area (Å²) in [5.74, 6) is -0.137. The van der Waals surface area contributed by atoms with Crippen LogP contribution in [0.4, 0.5) is 0 Å². The summed E-state index contributed by atoms with van der Waals surface area (Å²) in [6.45, 7) is 0.316. The summed E-state index contributed by atoms with van der Waals surface area (Å²) in [7, 11) is 1.52. The van der Waals surface area contributed by atoms with Gasteiger partial charge in [0.25, 0.3) is 0 Å². The molecule has 6 nitrogen and oxygen atoms in total. The first-order chi connectivity index (χ1) is 12.1. The standard InChI is InChI=1S/C19H19NO5/c1-24-16-8-7-14(11-17(16)25-10-4-9-21)19(18(22)23)12-13-5-2-3-6-15(13)20-19/h2-3,5-8,11-12,21H,4,9-10H2,1H3,(H,22,23). The number of ether oxygens (including phenoxy) is 2. The van der Waals surface area contributed by atoms with E-state index in [9.17, 15) is 9.90 Å². The maximum Gasteiger partial charge on any atom is 0.340 e. The fourth-order valence-corrected chi connectivity index (χ4v) is 2.81. The molecule has 2 aromatic rings. The van der Waals surface area contributed by atoms with Gasteiger partial charge < -0.3 is 19.7 Å². The molecule has 1 atom stereocenters. The number of benzene rings is 2. The van der Waals surface area contributed by atoms with Gasteiger partial charge in [-0.15, -0.1) is 0 Å². The van der Waals surface area contributed by atoms with Crippen LogP contribution in [0, 0.1) is 0 Å². The highest BCUT2D eigenvalue weighted by Gasteiger charge is 2.40. The Morgan fingerprint density at radius 1 is 1.20 bits per heavy atom. The van der Waals surface area contributed by atoms with Crippen molar-refractivity contribution in [2.24, 2.45) is 4.99 Å². The molecule has 0 bridgehead atoms. The van der Waals surface area contributed by atoms with Crippen molar-refractivity contribution in [1.29, 1.82) is 0 Å². The first-order valence-corrected chi connectivity index (χ1v) is 7.94. The van der Waals surface area contributed by atoms with E-state index in [1.165, 1.54) is 7.11 Å². The van der Waals surface area contributed by atoms with E-state index in [2.05, 4.69) is 4.99 Å². The third kappa shape index (κ3) is 3.08. The summed E-state index contributed by atoms with van der Waals surface area (Å²) in [4.78, 5) is 16.5. The molecule has 1 heterocycles. The SMILES string of the molecule is COc1ccc(C2(C(=O)O)C=c3ccccc3=N2)cc1OCCCO. The van der Waals surface area contributed by atoms with E-state index in [1.807, 2.05) is 18.2 Å². The lowest BCUT2D eigenvalue weighted by molar-refractivity contribution is -0.141. The van der Waals surface area contributed by atoms with Crippen LogP contribution >= 0.6 is 0 Å². The van der Waals surface area contributed by atoms with Gasteiger partial charge in [-0.05, 0) is 35.1 Å². The van der Waals surface area contributed by atoms with E-state index in [0.717, 1.165) is 5.22 Å². The van der Waals surface area contributed by atoms with E-state index in [-0.39, 0.29) is 6.61 Å². The van der Waals surface area contributed by atoms with Gasteiger partial charge in [0.2, 0.25) is 5.54 Å². The topological polar surface area (TPSA) is 88.4 Å². The van der Waals surface area contributed by atoms with Gasteiger partial charge in [0.05, 0.1) is 19.1 Å². The third-order valence-corrected chi connectivity index (χ3v) is 4.09. The molecule has 2 aromatic carbocycles. The van der Waals surface area contributed by atoms with E-state index in [0.29, 0.717) is 35.4 Å². The van der Waals surface area contributed by atoms with Crippen LogP contribution in [0.5, 0.6) is 11.5 Å². The predicted octanol–water partition coefficient (Wildman–Crippen LogP) is 0.850. The molecule has 6 heteroatoms. The molecule has 0 aromatic heterocycles. The predicted molar refractivity (Wildman–Crippen MR) is 91.2 cm³/mol. The van der Waals surface area contributed by atoms with Crippen molar-refractivity contribution in [3.8, 4) is 11.5 Å². The number of rotatable bonds is 7. The second kappa shape index (κ2) is 6.94. The Morgan fingerprint density at radius 3 is 2.68 bits per heavy atom. The quantitative estimate of drug-likeness (QED) is 0.729. The number of aliphatic hydroxyl groups excluding tert-OH is 1. The molecule has 3 rings (SSSR count). The van der Waals surface area contributed by atoms with Crippen molar-refractivity contribution < 1.29 is 24.5 Å². The monoisotopic (exact) mass is 341 g/mol. The highest BCUT2D eigenvalue weighted by molar-refractivity contribution is 5.90. The Balaban J connectivity index is 2.08. The summed E-state index contributed by atoms with van der Waals surface area (Å²) < 4.78 is 10.9. The smallest absolute Gasteiger partial charge is 0.340 e. The zero-order chi connectivity index (χ0) is 17.9. The number of aliphatic hydroxyl groups is 1. The lowest BCUT2D eigenvalue weighted by Crippen LogP contribution is -2.30. The number of fused-ring (bicyclic) bond motifs is 1. The van der Waals surface area contributed by atoms with Gasteiger partial charge in [0, 0.05) is 13.0 Å². The second-order valence-electron chi connectivity index (χ2n) is 5.68. The molecule has 0 spiro atoms. The van der Waals surface area contributed by atoms with Crippen molar-refractivity contribution in [3.63, 3.8) is 0 Å². The number of hydrogen-bond acceptors (Lipinski definition) is 5. The Labute approximate surface area is 144 Å². The average Bonchev–Trinajstić information content (AvgIpc) is 3.03. The van der Waals surface area contributed by atoms with Crippen molar-refractivity contribution in [2.45, 2.75) is 12.0 Å². The fraction of sp³-hybridized carbons (Fsp3) is 0.263. The lowest BCUT2D eigenvalue weighted by Gasteiger charge is -2.21. The minimum Gasteiger partial charge on any atom is -0.493 e. The lowest BCUT2D eigenvalue weighted by atomic mass is 9.90. The number of methoxy groups -OCH3 is 1. The molecule has 0 fully saturated rings. The number of para-hydroxylation sites is 1. The number of nitrogens with zero attached hydrogens (tertiary/aromatic N) is 1. The highest BCUT2D eigenvalue weighted by Crippen LogP contribution is 2.36. The Kier molecular flexibility index (Phi) is 4.72. The van der Waals surface area contributed by atoms with Gasteiger partial charge in [-0.25, -0.2) is 4.79 Å². The molecule has 25 heavy (non-hydrogen) atoms. The Morgan fingerprint density at radius 2 is 2.00 bits per heavy atom. The van der Waals surface area contributed by atoms with E-state index in [1.54, 1.807) is 30.3 Å². The molecule has 1 aliphatic heterocycles. The average molecular weight is 341 g/mol. The van der Waals surface area contributed by atoms with Crippen LogP contribution in [-0.2, 0) is 10.3 Å². The largest absolute Gasteiger partial charge is 0.493 e. The van der Waals surface area contributed by atoms with Gasteiger partial charge in [-0.2, -0.15) is 0 Å². The van der Waals surface area contributed by atoms with Crippen LogP contribution in [0.15, 0.2) is 47.5 Å². The molecule has 0 aliphatic carbocycles. The van der Waals surface area contributed by atoms with Crippen molar-refractivity contribution in [2.75, 3.05) is 20.3 Å². The first kappa shape index (κ1) is 17.0. The summed E-state index contributed by atoms with van der Waals surface area (Å²) in [6, 6.07) is 12.3. The second-order valence-corrected chi connectivity index (χ2v) is 5.68. The van der Waals surface area contributed by atoms with E-state index in [4.69, 9.17) is 14.6 Å². The number of carbonyl (C=O) groups is 1. The molecule has 0 radical (unpaired) electrons. The summed E-state index contributed by atoms with van der Waals surface area (Å²) in [5.41, 5.74) is -1.01. The minimum absolute atomic E-state index is 0.0134. The normalized spacial score (nSPS) is 18.0. The Hall–Kier alpha value is -2.86. The zero-order valence-electron chi connectivity index (χ0n) is 13.8. The van der Waals surface area contributed by atoms with E-state index >= 15 is 0 Å². The maximum atomic E-state index is 12.1. The van der Waals surface area contributed by atoms with Crippen molar-refractivity contribution in [1.82, 2.24) is 0 Å². The van der Waals surface area contributed by atoms with Gasteiger partial charge in [0.15, 0.2) is 11.5 Å². The molecular formula is C19H19NO5. The summed E-state index contributed by atoms with van der Waals surface area (Å²) in [6.07, 6.45) is 2.11.